The molecule has 0 aromatic rings. The summed E-state index contributed by atoms with van der Waals surface area (Å²) in [5.41, 5.74) is 0. The lowest BCUT2D eigenvalue weighted by molar-refractivity contribution is -0.191. The minimum absolute atomic E-state index is 0.261. The highest BCUT2D eigenvalue weighted by Gasteiger charge is 2.41. The van der Waals surface area contributed by atoms with E-state index in [9.17, 15) is 4.79 Å². The first-order chi connectivity index (χ1) is 4.58. The molecule has 0 saturated heterocycles. The quantitative estimate of drug-likeness (QED) is 0.506. The molecule has 1 aliphatic heterocycles. The first kappa shape index (κ1) is 7.08. The van der Waals surface area contributed by atoms with E-state index in [1.165, 1.54) is 6.08 Å². The van der Waals surface area contributed by atoms with Crippen LogP contribution in [0.2, 0.25) is 0 Å². The average molecular weight is 144 g/mol. The van der Waals surface area contributed by atoms with Crippen molar-refractivity contribution in [2.45, 2.75) is 12.7 Å². The number of hydrogen-bond donors (Lipinski definition) is 2. The molecule has 2 N–H and O–H groups in total. The first-order valence-electron chi connectivity index (χ1n) is 2.87. The molecule has 0 amide bonds. The minimum atomic E-state index is -1.86. The molecule has 0 radical (unpaired) electrons. The molecule has 0 spiro atoms. The molecule has 1 rings (SSSR count). The van der Waals surface area contributed by atoms with E-state index in [1.807, 2.05) is 0 Å². The van der Waals surface area contributed by atoms with Gasteiger partial charge in [-0.05, 0) is 0 Å². The van der Waals surface area contributed by atoms with Crippen molar-refractivity contribution in [1.29, 1.82) is 0 Å². The Kier molecular flexibility index (Phi) is 1.40. The van der Waals surface area contributed by atoms with Gasteiger partial charge in [0.1, 0.15) is 0 Å². The van der Waals surface area contributed by atoms with E-state index in [1.54, 1.807) is 6.92 Å². The van der Waals surface area contributed by atoms with Gasteiger partial charge in [-0.2, -0.15) is 0 Å². The number of aldehydes is 1. The van der Waals surface area contributed by atoms with Gasteiger partial charge in [-0.1, -0.05) is 6.92 Å². The van der Waals surface area contributed by atoms with Crippen molar-refractivity contribution in [3.8, 4) is 0 Å². The molecule has 10 heavy (non-hydrogen) atoms. The SMILES string of the molecule is CC1C=C(O)OC1(O)C=O. The molecule has 1 heterocycles. The Morgan fingerprint density at radius 2 is 2.50 bits per heavy atom. The summed E-state index contributed by atoms with van der Waals surface area (Å²) >= 11 is 0. The van der Waals surface area contributed by atoms with E-state index < -0.39 is 17.7 Å². The summed E-state index contributed by atoms with van der Waals surface area (Å²) in [5.74, 6) is -2.75. The second kappa shape index (κ2) is 1.98. The third-order valence-electron chi connectivity index (χ3n) is 1.48. The first-order valence-corrected chi connectivity index (χ1v) is 2.87. The van der Waals surface area contributed by atoms with Crippen LogP contribution in [-0.2, 0) is 9.53 Å². The number of carbonyl (C=O) groups excluding carboxylic acids is 1. The molecule has 0 fully saturated rings. The Morgan fingerprint density at radius 3 is 2.70 bits per heavy atom. The normalized spacial score (nSPS) is 38.6. The van der Waals surface area contributed by atoms with Crippen LogP contribution in [0, 0.1) is 5.92 Å². The number of aliphatic hydroxyl groups is 2. The summed E-state index contributed by atoms with van der Waals surface area (Å²) < 4.78 is 4.41. The zero-order valence-electron chi connectivity index (χ0n) is 5.44. The number of rotatable bonds is 1. The summed E-state index contributed by atoms with van der Waals surface area (Å²) in [6.07, 6.45) is 1.53. The molecule has 1 aliphatic rings. The van der Waals surface area contributed by atoms with Crippen LogP contribution in [0.25, 0.3) is 0 Å². The highest BCUT2D eigenvalue weighted by molar-refractivity contribution is 5.61. The van der Waals surface area contributed by atoms with Gasteiger partial charge in [0.15, 0.2) is 6.29 Å². The molecule has 2 atom stereocenters. The number of hydrogen-bond acceptors (Lipinski definition) is 4. The van der Waals surface area contributed by atoms with Crippen molar-refractivity contribution in [2.75, 3.05) is 0 Å². The van der Waals surface area contributed by atoms with E-state index in [0.29, 0.717) is 0 Å². The van der Waals surface area contributed by atoms with Crippen molar-refractivity contribution in [3.63, 3.8) is 0 Å². The van der Waals surface area contributed by atoms with Crippen LogP contribution in [0.5, 0.6) is 0 Å². The summed E-state index contributed by atoms with van der Waals surface area (Å²) in [4.78, 5) is 10.2. The van der Waals surface area contributed by atoms with E-state index in [4.69, 9.17) is 10.2 Å². The summed E-state index contributed by atoms with van der Waals surface area (Å²) in [6.45, 7) is 1.57. The highest BCUT2D eigenvalue weighted by atomic mass is 16.7. The van der Waals surface area contributed by atoms with Gasteiger partial charge in [-0.15, -0.1) is 0 Å². The topological polar surface area (TPSA) is 66.8 Å². The lowest BCUT2D eigenvalue weighted by Crippen LogP contribution is -2.36. The van der Waals surface area contributed by atoms with Gasteiger partial charge in [0.25, 0.3) is 11.7 Å². The molecule has 56 valence electrons. The van der Waals surface area contributed by atoms with Gasteiger partial charge in [-0.25, -0.2) is 0 Å². The zero-order chi connectivity index (χ0) is 7.78. The maximum atomic E-state index is 10.2. The smallest absolute Gasteiger partial charge is 0.275 e. The Bertz CT molecular complexity index is 186. The van der Waals surface area contributed by atoms with Crippen LogP contribution in [0.1, 0.15) is 6.92 Å². The summed E-state index contributed by atoms with van der Waals surface area (Å²) in [6, 6.07) is 0. The van der Waals surface area contributed by atoms with Gasteiger partial charge in [-0.3, -0.25) is 4.79 Å². The fourth-order valence-corrected chi connectivity index (χ4v) is 0.759. The molecule has 0 bridgehead atoms. The summed E-state index contributed by atoms with van der Waals surface area (Å²) in [7, 11) is 0. The van der Waals surface area contributed by atoms with E-state index in [2.05, 4.69) is 4.74 Å². The molecule has 4 nitrogen and oxygen atoms in total. The molecular weight excluding hydrogens is 136 g/mol. The Labute approximate surface area is 57.7 Å². The van der Waals surface area contributed by atoms with E-state index in [0.717, 1.165) is 0 Å². The van der Waals surface area contributed by atoms with Crippen LogP contribution in [-0.4, -0.2) is 22.3 Å². The maximum Gasteiger partial charge on any atom is 0.275 e. The lowest BCUT2D eigenvalue weighted by atomic mass is 10.0. The minimum Gasteiger partial charge on any atom is -0.481 e. The lowest BCUT2D eigenvalue weighted by Gasteiger charge is -2.18. The van der Waals surface area contributed by atoms with Gasteiger partial charge in [0.2, 0.25) is 0 Å². The molecule has 0 aromatic carbocycles. The molecular formula is C6H8O4. The van der Waals surface area contributed by atoms with Gasteiger partial charge in [0, 0.05) is 6.08 Å². The zero-order valence-corrected chi connectivity index (χ0v) is 5.44. The number of carbonyl (C=O) groups is 1. The maximum absolute atomic E-state index is 10.2. The molecule has 4 heteroatoms. The largest absolute Gasteiger partial charge is 0.481 e. The van der Waals surface area contributed by atoms with Gasteiger partial charge in [0.05, 0.1) is 5.92 Å². The third kappa shape index (κ3) is 0.863. The van der Waals surface area contributed by atoms with Crippen LogP contribution in [0.3, 0.4) is 0 Å². The van der Waals surface area contributed by atoms with Crippen molar-refractivity contribution < 1.29 is 19.7 Å². The Morgan fingerprint density at radius 1 is 1.90 bits per heavy atom. The van der Waals surface area contributed by atoms with Crippen LogP contribution in [0.4, 0.5) is 0 Å². The third-order valence-corrected chi connectivity index (χ3v) is 1.48. The van der Waals surface area contributed by atoms with Gasteiger partial charge >= 0.3 is 0 Å². The summed E-state index contributed by atoms with van der Waals surface area (Å²) in [5, 5.41) is 17.8. The predicted octanol–water partition coefficient (Wildman–Crippen LogP) is -0.0604. The van der Waals surface area contributed by atoms with Gasteiger partial charge < -0.3 is 14.9 Å². The predicted molar refractivity (Wildman–Crippen MR) is 32.0 cm³/mol. The highest BCUT2D eigenvalue weighted by Crippen LogP contribution is 2.27. The van der Waals surface area contributed by atoms with Crippen molar-refractivity contribution >= 4 is 6.29 Å². The average Bonchev–Trinajstić information content (AvgIpc) is 2.09. The Balaban J connectivity index is 2.80. The number of ether oxygens (including phenoxy) is 1. The number of aliphatic hydroxyl groups excluding tert-OH is 1. The fraction of sp³-hybridized carbons (Fsp3) is 0.500. The Hall–Kier alpha value is -1.03. The molecule has 0 saturated carbocycles. The van der Waals surface area contributed by atoms with E-state index >= 15 is 0 Å². The van der Waals surface area contributed by atoms with E-state index in [-0.39, 0.29) is 6.29 Å². The van der Waals surface area contributed by atoms with Crippen molar-refractivity contribution in [3.05, 3.63) is 12.0 Å². The van der Waals surface area contributed by atoms with Crippen LogP contribution < -0.4 is 0 Å². The van der Waals surface area contributed by atoms with Crippen LogP contribution in [0.15, 0.2) is 12.0 Å². The molecule has 2 unspecified atom stereocenters. The second-order valence-electron chi connectivity index (χ2n) is 2.27. The second-order valence-corrected chi connectivity index (χ2v) is 2.27. The van der Waals surface area contributed by atoms with Crippen molar-refractivity contribution in [1.82, 2.24) is 0 Å². The van der Waals surface area contributed by atoms with Crippen LogP contribution >= 0.6 is 0 Å². The molecule has 0 aliphatic carbocycles. The molecule has 0 aromatic heterocycles. The fourth-order valence-electron chi connectivity index (χ4n) is 0.759. The monoisotopic (exact) mass is 144 g/mol. The van der Waals surface area contributed by atoms with Crippen molar-refractivity contribution in [2.24, 2.45) is 5.92 Å². The standard InChI is InChI=1S/C6H8O4/c1-4-2-5(8)10-6(4,9)3-7/h2-4,8-9H,1H3.